The van der Waals surface area contributed by atoms with E-state index < -0.39 is 6.10 Å². The van der Waals surface area contributed by atoms with Crippen LogP contribution in [0, 0.1) is 5.41 Å². The lowest BCUT2D eigenvalue weighted by atomic mass is 9.72. The maximum atomic E-state index is 10.4. The van der Waals surface area contributed by atoms with Gasteiger partial charge in [-0.25, -0.2) is 0 Å². The molecule has 1 aliphatic heterocycles. The number of quaternary nitrogens is 1. The molecular weight excluding hydrogens is 374 g/mol. The van der Waals surface area contributed by atoms with E-state index in [1.165, 1.54) is 44.3 Å². The lowest BCUT2D eigenvalue weighted by molar-refractivity contribution is -0.911. The monoisotopic (exact) mass is 420 g/mol. The van der Waals surface area contributed by atoms with Crippen molar-refractivity contribution < 1.29 is 19.1 Å². The molecule has 1 atom stereocenters. The Balaban J connectivity index is 1.68. The first-order valence-electron chi connectivity index (χ1n) is 11.8. The summed E-state index contributed by atoms with van der Waals surface area (Å²) in [6.45, 7) is 16.0. The molecule has 1 heterocycles. The van der Waals surface area contributed by atoms with Crippen LogP contribution in [-0.4, -0.2) is 62.2 Å². The minimum atomic E-state index is -0.405. The Morgan fingerprint density at radius 2 is 1.53 bits per heavy atom. The van der Waals surface area contributed by atoms with Gasteiger partial charge in [-0.05, 0) is 60.6 Å². The third-order valence-electron chi connectivity index (χ3n) is 6.21. The number of hydrogen-bond donors (Lipinski definition) is 1. The molecule has 1 fully saturated rings. The van der Waals surface area contributed by atoms with Crippen LogP contribution in [0.4, 0.5) is 0 Å². The van der Waals surface area contributed by atoms with Gasteiger partial charge in [-0.15, -0.1) is 0 Å². The Labute approximate surface area is 185 Å². The predicted octanol–water partition coefficient (Wildman–Crippen LogP) is 5.18. The second-order valence-corrected chi connectivity index (χ2v) is 11.4. The van der Waals surface area contributed by atoms with Crippen molar-refractivity contribution in [2.45, 2.75) is 78.2 Å². The van der Waals surface area contributed by atoms with Crippen LogP contribution < -0.4 is 4.74 Å². The molecule has 4 heteroatoms. The van der Waals surface area contributed by atoms with E-state index in [1.807, 2.05) is 0 Å². The van der Waals surface area contributed by atoms with Crippen molar-refractivity contribution in [2.75, 3.05) is 46.5 Å². The zero-order valence-electron chi connectivity index (χ0n) is 20.4. The minimum Gasteiger partial charge on any atom is -0.491 e. The molecule has 0 spiro atoms. The molecule has 0 amide bonds. The van der Waals surface area contributed by atoms with Crippen LogP contribution in [0.5, 0.6) is 5.75 Å². The summed E-state index contributed by atoms with van der Waals surface area (Å²) < 4.78 is 12.5. The maximum absolute atomic E-state index is 10.4. The summed E-state index contributed by atoms with van der Waals surface area (Å²) in [5.74, 6) is 0.872. The van der Waals surface area contributed by atoms with Crippen LogP contribution in [0.25, 0.3) is 0 Å². The SMILES string of the molecule is CC(C)(C)CC(C)(C)c1ccc(OCCOC[C@@H](O)C[N+]2(C)CCCCCC2)cc1. The maximum Gasteiger partial charge on any atom is 0.126 e. The number of nitrogens with zero attached hydrogens (tertiary/aromatic N) is 1. The van der Waals surface area contributed by atoms with Crippen LogP contribution >= 0.6 is 0 Å². The average Bonchev–Trinajstić information content (AvgIpc) is 2.84. The van der Waals surface area contributed by atoms with E-state index in [-0.39, 0.29) is 5.41 Å². The standard InChI is InChI=1S/C26H46NO3/c1-25(2,3)21-26(4,5)22-11-13-24(14-12-22)30-18-17-29-20-23(28)19-27(6)15-9-7-8-10-16-27/h11-14,23,28H,7-10,15-21H2,1-6H3/q+1/t23-/m0/s1. The van der Waals surface area contributed by atoms with Gasteiger partial charge in [-0.3, -0.25) is 0 Å². The van der Waals surface area contributed by atoms with Gasteiger partial charge in [0.15, 0.2) is 0 Å². The third-order valence-corrected chi connectivity index (χ3v) is 6.21. The van der Waals surface area contributed by atoms with E-state index in [0.717, 1.165) is 23.2 Å². The number of ether oxygens (including phenoxy) is 2. The smallest absolute Gasteiger partial charge is 0.126 e. The Hall–Kier alpha value is -1.10. The number of likely N-dealkylation sites (tertiary alicyclic amines) is 1. The van der Waals surface area contributed by atoms with Crippen molar-refractivity contribution in [3.05, 3.63) is 29.8 Å². The predicted molar refractivity (Wildman–Crippen MR) is 125 cm³/mol. The minimum absolute atomic E-state index is 0.141. The molecular formula is C26H46NO3+. The van der Waals surface area contributed by atoms with E-state index in [0.29, 0.717) is 25.2 Å². The number of aliphatic hydroxyl groups is 1. The van der Waals surface area contributed by atoms with Gasteiger partial charge in [0, 0.05) is 0 Å². The summed E-state index contributed by atoms with van der Waals surface area (Å²) in [5.41, 5.74) is 1.78. The summed E-state index contributed by atoms with van der Waals surface area (Å²) in [6, 6.07) is 8.46. The van der Waals surface area contributed by atoms with Gasteiger partial charge >= 0.3 is 0 Å². The molecule has 1 saturated heterocycles. The molecule has 2 rings (SSSR count). The van der Waals surface area contributed by atoms with E-state index in [4.69, 9.17) is 9.47 Å². The highest BCUT2D eigenvalue weighted by atomic mass is 16.5. The zero-order chi connectivity index (χ0) is 22.3. The van der Waals surface area contributed by atoms with E-state index >= 15 is 0 Å². The number of likely N-dealkylation sites (N-methyl/N-ethyl adjacent to an activating group) is 1. The Kier molecular flexibility index (Phi) is 9.20. The number of hydrogen-bond acceptors (Lipinski definition) is 3. The number of benzene rings is 1. The van der Waals surface area contributed by atoms with Gasteiger partial charge < -0.3 is 19.1 Å². The van der Waals surface area contributed by atoms with Gasteiger partial charge in [0.1, 0.15) is 25.0 Å². The summed E-state index contributed by atoms with van der Waals surface area (Å²) in [7, 11) is 2.27. The van der Waals surface area contributed by atoms with Crippen LogP contribution in [0.1, 0.15) is 72.3 Å². The fraction of sp³-hybridized carbons (Fsp3) is 0.769. The molecule has 0 saturated carbocycles. The Morgan fingerprint density at radius 1 is 0.933 bits per heavy atom. The summed E-state index contributed by atoms with van der Waals surface area (Å²) in [6.07, 6.45) is 5.92. The molecule has 0 unspecified atom stereocenters. The van der Waals surface area contributed by atoms with Crippen molar-refractivity contribution in [1.29, 1.82) is 0 Å². The lowest BCUT2D eigenvalue weighted by Crippen LogP contribution is -2.50. The topological polar surface area (TPSA) is 38.7 Å². The normalized spacial score (nSPS) is 18.6. The summed E-state index contributed by atoms with van der Waals surface area (Å²) in [4.78, 5) is 0. The van der Waals surface area contributed by atoms with Crippen molar-refractivity contribution in [3.63, 3.8) is 0 Å². The van der Waals surface area contributed by atoms with Gasteiger partial charge in [0.25, 0.3) is 0 Å². The molecule has 1 aliphatic rings. The highest BCUT2D eigenvalue weighted by Crippen LogP contribution is 2.36. The Bertz CT molecular complexity index is 610. The zero-order valence-corrected chi connectivity index (χ0v) is 20.4. The fourth-order valence-electron chi connectivity index (χ4n) is 5.06. The van der Waals surface area contributed by atoms with Crippen molar-refractivity contribution >= 4 is 0 Å². The Morgan fingerprint density at radius 3 is 2.10 bits per heavy atom. The molecule has 0 bridgehead atoms. The molecule has 30 heavy (non-hydrogen) atoms. The second-order valence-electron chi connectivity index (χ2n) is 11.4. The molecule has 0 aliphatic carbocycles. The van der Waals surface area contributed by atoms with Gasteiger partial charge in [-0.1, -0.05) is 46.8 Å². The summed E-state index contributed by atoms with van der Waals surface area (Å²) in [5, 5.41) is 10.4. The number of aliphatic hydroxyl groups excluding tert-OH is 1. The molecule has 172 valence electrons. The van der Waals surface area contributed by atoms with Gasteiger partial charge in [0.2, 0.25) is 0 Å². The van der Waals surface area contributed by atoms with Crippen LogP contribution in [-0.2, 0) is 10.2 Å². The third kappa shape index (κ3) is 8.95. The highest BCUT2D eigenvalue weighted by Gasteiger charge is 2.28. The summed E-state index contributed by atoms with van der Waals surface area (Å²) >= 11 is 0. The molecule has 0 radical (unpaired) electrons. The van der Waals surface area contributed by atoms with E-state index in [1.54, 1.807) is 0 Å². The molecule has 1 aromatic carbocycles. The van der Waals surface area contributed by atoms with Crippen molar-refractivity contribution in [2.24, 2.45) is 5.41 Å². The first-order chi connectivity index (χ1) is 14.0. The van der Waals surface area contributed by atoms with Crippen molar-refractivity contribution in [3.8, 4) is 5.75 Å². The van der Waals surface area contributed by atoms with E-state index in [9.17, 15) is 5.11 Å². The lowest BCUT2D eigenvalue weighted by Gasteiger charge is -2.35. The largest absolute Gasteiger partial charge is 0.491 e. The van der Waals surface area contributed by atoms with Crippen LogP contribution in [0.2, 0.25) is 0 Å². The molecule has 1 aromatic rings. The van der Waals surface area contributed by atoms with Gasteiger partial charge in [0.05, 0.1) is 33.4 Å². The second kappa shape index (κ2) is 11.0. The van der Waals surface area contributed by atoms with Gasteiger partial charge in [-0.2, -0.15) is 0 Å². The fourth-order valence-corrected chi connectivity index (χ4v) is 5.06. The first-order valence-corrected chi connectivity index (χ1v) is 11.8. The van der Waals surface area contributed by atoms with Crippen molar-refractivity contribution in [1.82, 2.24) is 0 Å². The number of rotatable bonds is 10. The van der Waals surface area contributed by atoms with E-state index in [2.05, 4.69) is 65.9 Å². The van der Waals surface area contributed by atoms with Crippen LogP contribution in [0.15, 0.2) is 24.3 Å². The molecule has 4 nitrogen and oxygen atoms in total. The quantitative estimate of drug-likeness (QED) is 0.419. The van der Waals surface area contributed by atoms with Crippen LogP contribution in [0.3, 0.4) is 0 Å². The first kappa shape index (κ1) is 25.2. The molecule has 0 aromatic heterocycles. The highest BCUT2D eigenvalue weighted by molar-refractivity contribution is 5.31. The molecule has 1 N–H and O–H groups in total. The average molecular weight is 421 g/mol.